The maximum atomic E-state index is 12.6. The van der Waals surface area contributed by atoms with Crippen molar-refractivity contribution in [2.75, 3.05) is 24.6 Å². The van der Waals surface area contributed by atoms with Gasteiger partial charge in [-0.15, -0.1) is 0 Å². The van der Waals surface area contributed by atoms with Crippen molar-refractivity contribution in [2.24, 2.45) is 11.7 Å². The largest absolute Gasteiger partial charge is 0.330 e. The van der Waals surface area contributed by atoms with Gasteiger partial charge in [-0.2, -0.15) is 4.31 Å². The van der Waals surface area contributed by atoms with Crippen LogP contribution >= 0.6 is 0 Å². The third-order valence-electron chi connectivity index (χ3n) is 4.19. The van der Waals surface area contributed by atoms with Crippen molar-refractivity contribution in [1.82, 2.24) is 4.31 Å². The number of rotatable bonds is 3. The molecule has 2 rings (SSSR count). The zero-order valence-electron chi connectivity index (χ0n) is 11.2. The summed E-state index contributed by atoms with van der Waals surface area (Å²) in [6.45, 7) is 2.87. The van der Waals surface area contributed by atoms with Crippen LogP contribution < -0.4 is 5.73 Å². The quantitative estimate of drug-likeness (QED) is 0.762. The smallest absolute Gasteiger partial charge is 0.217 e. The van der Waals surface area contributed by atoms with Crippen molar-refractivity contribution in [3.63, 3.8) is 0 Å². The van der Waals surface area contributed by atoms with Gasteiger partial charge in [-0.3, -0.25) is 0 Å². The Morgan fingerprint density at radius 1 is 1.26 bits per heavy atom. The van der Waals surface area contributed by atoms with E-state index in [1.807, 2.05) is 6.92 Å². The van der Waals surface area contributed by atoms with Crippen molar-refractivity contribution < 1.29 is 16.8 Å². The van der Waals surface area contributed by atoms with Gasteiger partial charge in [0.05, 0.1) is 16.8 Å². The molecule has 2 N–H and O–H groups in total. The molecule has 0 aliphatic carbocycles. The Morgan fingerprint density at radius 2 is 1.84 bits per heavy atom. The van der Waals surface area contributed by atoms with E-state index < -0.39 is 25.1 Å². The molecule has 6 nitrogen and oxygen atoms in total. The Morgan fingerprint density at radius 3 is 2.32 bits per heavy atom. The maximum Gasteiger partial charge on any atom is 0.217 e. The Labute approximate surface area is 115 Å². The molecule has 2 fully saturated rings. The van der Waals surface area contributed by atoms with E-state index in [0.717, 1.165) is 6.42 Å². The first-order valence-electron chi connectivity index (χ1n) is 6.67. The van der Waals surface area contributed by atoms with Gasteiger partial charge >= 0.3 is 0 Å². The lowest BCUT2D eigenvalue weighted by atomic mass is 10.1. The molecular formula is C11H22N2O4S2. The Balaban J connectivity index is 2.11. The fourth-order valence-corrected chi connectivity index (χ4v) is 7.00. The van der Waals surface area contributed by atoms with Crippen LogP contribution in [0, 0.1) is 5.92 Å². The topological polar surface area (TPSA) is 97.5 Å². The van der Waals surface area contributed by atoms with Crippen LogP contribution in [0.4, 0.5) is 0 Å². The summed E-state index contributed by atoms with van der Waals surface area (Å²) in [6, 6.07) is -0.0305. The van der Waals surface area contributed by atoms with Crippen LogP contribution in [0.5, 0.6) is 0 Å². The normalized spacial score (nSPS) is 33.6. The number of nitrogens with two attached hydrogens (primary N) is 1. The van der Waals surface area contributed by atoms with Gasteiger partial charge in [0.1, 0.15) is 9.84 Å². The predicted molar refractivity (Wildman–Crippen MR) is 73.9 cm³/mol. The molecule has 0 bridgehead atoms. The second kappa shape index (κ2) is 5.31. The number of sulfone groups is 1. The van der Waals surface area contributed by atoms with E-state index in [1.54, 1.807) is 0 Å². The first-order valence-corrected chi connectivity index (χ1v) is 10.00. The summed E-state index contributed by atoms with van der Waals surface area (Å²) in [4.78, 5) is 0. The van der Waals surface area contributed by atoms with Gasteiger partial charge in [-0.1, -0.05) is 0 Å². The van der Waals surface area contributed by atoms with Crippen molar-refractivity contribution in [3.05, 3.63) is 0 Å². The number of hydrogen-bond acceptors (Lipinski definition) is 5. The molecule has 0 saturated carbocycles. The SMILES string of the molecule is CC1CC(CN)CN1S(=O)(=O)C1CCS(=O)(=O)CC1. The second-order valence-corrected chi connectivity index (χ2v) is 10.1. The molecule has 2 aliphatic heterocycles. The minimum atomic E-state index is -3.39. The number of sulfonamides is 1. The Kier molecular flexibility index (Phi) is 4.25. The predicted octanol–water partition coefficient (Wildman–Crippen LogP) is -0.437. The summed E-state index contributed by atoms with van der Waals surface area (Å²) in [5.74, 6) is 0.191. The lowest BCUT2D eigenvalue weighted by Gasteiger charge is -2.29. The van der Waals surface area contributed by atoms with Crippen LogP contribution in [0.1, 0.15) is 26.2 Å². The summed E-state index contributed by atoms with van der Waals surface area (Å²) in [6.07, 6.45) is 1.24. The minimum Gasteiger partial charge on any atom is -0.330 e. The Hall–Kier alpha value is -0.180. The average molecular weight is 310 g/mol. The molecule has 0 aromatic carbocycles. The molecule has 19 heavy (non-hydrogen) atoms. The van der Waals surface area contributed by atoms with E-state index in [1.165, 1.54) is 4.31 Å². The number of hydrogen-bond donors (Lipinski definition) is 1. The molecule has 112 valence electrons. The number of nitrogens with zero attached hydrogens (tertiary/aromatic N) is 1. The maximum absolute atomic E-state index is 12.6. The molecule has 8 heteroatoms. The van der Waals surface area contributed by atoms with E-state index in [9.17, 15) is 16.8 Å². The molecule has 2 atom stereocenters. The van der Waals surface area contributed by atoms with Gasteiger partial charge in [-0.05, 0) is 38.6 Å². The van der Waals surface area contributed by atoms with Crippen LogP contribution in [-0.2, 0) is 19.9 Å². The van der Waals surface area contributed by atoms with Crippen molar-refractivity contribution in [1.29, 1.82) is 0 Å². The van der Waals surface area contributed by atoms with Crippen molar-refractivity contribution >= 4 is 19.9 Å². The van der Waals surface area contributed by atoms with Crippen LogP contribution in [0.25, 0.3) is 0 Å². The van der Waals surface area contributed by atoms with Crippen LogP contribution in [0.15, 0.2) is 0 Å². The van der Waals surface area contributed by atoms with Gasteiger partial charge in [0, 0.05) is 12.6 Å². The highest BCUT2D eigenvalue weighted by atomic mass is 32.2. The van der Waals surface area contributed by atoms with Gasteiger partial charge in [0.25, 0.3) is 0 Å². The molecule has 0 spiro atoms. The fourth-order valence-electron chi connectivity index (χ4n) is 2.99. The van der Waals surface area contributed by atoms with E-state index >= 15 is 0 Å². The fraction of sp³-hybridized carbons (Fsp3) is 1.00. The minimum absolute atomic E-state index is 0.0144. The van der Waals surface area contributed by atoms with Gasteiger partial charge in [0.2, 0.25) is 10.0 Å². The van der Waals surface area contributed by atoms with E-state index in [2.05, 4.69) is 0 Å². The third kappa shape index (κ3) is 3.12. The zero-order chi connectivity index (χ0) is 14.3. The van der Waals surface area contributed by atoms with Gasteiger partial charge in [-0.25, -0.2) is 16.8 Å². The van der Waals surface area contributed by atoms with Crippen LogP contribution in [0.2, 0.25) is 0 Å². The monoisotopic (exact) mass is 310 g/mol. The Bertz CT molecular complexity index is 515. The first-order chi connectivity index (χ1) is 8.76. The zero-order valence-corrected chi connectivity index (χ0v) is 12.8. The third-order valence-corrected chi connectivity index (χ3v) is 8.38. The molecule has 0 aromatic heterocycles. The van der Waals surface area contributed by atoms with Gasteiger partial charge < -0.3 is 5.73 Å². The first kappa shape index (κ1) is 15.2. The summed E-state index contributed by atoms with van der Waals surface area (Å²) in [5, 5.41) is -0.546. The summed E-state index contributed by atoms with van der Waals surface area (Å²) >= 11 is 0. The van der Waals surface area contributed by atoms with E-state index in [0.29, 0.717) is 13.1 Å². The molecule has 2 saturated heterocycles. The van der Waals surface area contributed by atoms with E-state index in [4.69, 9.17) is 5.73 Å². The highest BCUT2D eigenvalue weighted by molar-refractivity contribution is 7.92. The molecule has 2 aliphatic rings. The lowest BCUT2D eigenvalue weighted by Crippen LogP contribution is -2.44. The van der Waals surface area contributed by atoms with Crippen molar-refractivity contribution in [2.45, 2.75) is 37.5 Å². The molecule has 2 heterocycles. The summed E-state index contributed by atoms with van der Waals surface area (Å²) in [7, 11) is -6.42. The second-order valence-electron chi connectivity index (χ2n) is 5.65. The molecular weight excluding hydrogens is 288 g/mol. The highest BCUT2D eigenvalue weighted by Gasteiger charge is 2.42. The van der Waals surface area contributed by atoms with E-state index in [-0.39, 0.29) is 36.3 Å². The standard InChI is InChI=1S/C11H22N2O4S2/c1-9-6-10(7-12)8-13(9)19(16,17)11-2-4-18(14,15)5-3-11/h9-11H,2-8,12H2,1H3. The van der Waals surface area contributed by atoms with Gasteiger partial charge in [0.15, 0.2) is 0 Å². The summed E-state index contributed by atoms with van der Waals surface area (Å²) in [5.41, 5.74) is 5.61. The van der Waals surface area contributed by atoms with Crippen LogP contribution in [-0.4, -0.2) is 57.0 Å². The van der Waals surface area contributed by atoms with Crippen LogP contribution in [0.3, 0.4) is 0 Å². The average Bonchev–Trinajstić information content (AvgIpc) is 2.70. The summed E-state index contributed by atoms with van der Waals surface area (Å²) < 4.78 is 49.4. The molecule has 0 radical (unpaired) electrons. The molecule has 2 unspecified atom stereocenters. The van der Waals surface area contributed by atoms with Crippen molar-refractivity contribution in [3.8, 4) is 0 Å². The highest BCUT2D eigenvalue weighted by Crippen LogP contribution is 2.30. The molecule has 0 aromatic rings. The molecule has 0 amide bonds. The lowest BCUT2D eigenvalue weighted by molar-refractivity contribution is 0.393.